The number of carboxylic acids is 1. The number of pyridine rings is 1. The monoisotopic (exact) mass is 354 g/mol. The molecule has 0 aliphatic heterocycles. The predicted molar refractivity (Wildman–Crippen MR) is 78.3 cm³/mol. The highest BCUT2D eigenvalue weighted by atomic mass is 79.9. The Morgan fingerprint density at radius 3 is 2.65 bits per heavy atom. The fourth-order valence-corrected chi connectivity index (χ4v) is 2.15. The average Bonchev–Trinajstić information content (AvgIpc) is 2.41. The molecule has 2 N–H and O–H groups in total. The molecule has 0 bridgehead atoms. The van der Waals surface area contributed by atoms with Crippen molar-refractivity contribution in [3.63, 3.8) is 0 Å². The molecule has 0 spiro atoms. The quantitative estimate of drug-likeness (QED) is 0.827. The Labute approximate surface area is 127 Å². The van der Waals surface area contributed by atoms with Gasteiger partial charge >= 0.3 is 5.97 Å². The number of nitrogens with zero attached hydrogens (tertiary/aromatic N) is 1. The Bertz CT molecular complexity index is 691. The largest absolute Gasteiger partial charge is 0.478 e. The SMILES string of the molecule is O=C(O)c1cc(Cl)ccc1NC(=O)c1cccnc1Br. The summed E-state index contributed by atoms with van der Waals surface area (Å²) in [7, 11) is 0. The van der Waals surface area contributed by atoms with E-state index in [1.165, 1.54) is 24.4 Å². The van der Waals surface area contributed by atoms with Crippen LogP contribution in [0.4, 0.5) is 5.69 Å². The third-order valence-electron chi connectivity index (χ3n) is 2.46. The first-order valence-electron chi connectivity index (χ1n) is 5.44. The maximum atomic E-state index is 12.1. The minimum atomic E-state index is -1.17. The highest BCUT2D eigenvalue weighted by molar-refractivity contribution is 9.10. The van der Waals surface area contributed by atoms with Gasteiger partial charge in [-0.25, -0.2) is 9.78 Å². The minimum Gasteiger partial charge on any atom is -0.478 e. The number of aromatic nitrogens is 1. The summed E-state index contributed by atoms with van der Waals surface area (Å²) < 4.78 is 0.378. The van der Waals surface area contributed by atoms with E-state index in [0.717, 1.165) is 0 Å². The molecule has 102 valence electrons. The molecule has 2 aromatic rings. The summed E-state index contributed by atoms with van der Waals surface area (Å²) in [5.74, 6) is -1.64. The van der Waals surface area contributed by atoms with Gasteiger partial charge in [0.1, 0.15) is 4.60 Å². The molecule has 1 amide bonds. The van der Waals surface area contributed by atoms with Crippen molar-refractivity contribution in [2.45, 2.75) is 0 Å². The Morgan fingerprint density at radius 2 is 2.00 bits per heavy atom. The second-order valence-electron chi connectivity index (χ2n) is 3.79. The van der Waals surface area contributed by atoms with Gasteiger partial charge in [-0.3, -0.25) is 4.79 Å². The van der Waals surface area contributed by atoms with Crippen molar-refractivity contribution in [3.8, 4) is 0 Å². The van der Waals surface area contributed by atoms with Crippen LogP contribution in [-0.2, 0) is 0 Å². The number of carbonyl (C=O) groups is 2. The fraction of sp³-hybridized carbons (Fsp3) is 0. The van der Waals surface area contributed by atoms with Crippen LogP contribution in [0.15, 0.2) is 41.1 Å². The molecule has 0 atom stereocenters. The van der Waals surface area contributed by atoms with Crippen molar-refractivity contribution >= 4 is 45.1 Å². The Kier molecular flexibility index (Phi) is 4.36. The number of aromatic carboxylic acids is 1. The molecule has 1 aromatic heterocycles. The standard InChI is InChI=1S/C13H8BrClN2O3/c14-11-8(2-1-5-16-11)12(18)17-10-4-3-7(15)6-9(10)13(19)20/h1-6H,(H,17,18)(H,19,20). The highest BCUT2D eigenvalue weighted by Crippen LogP contribution is 2.22. The zero-order valence-electron chi connectivity index (χ0n) is 9.93. The lowest BCUT2D eigenvalue weighted by molar-refractivity contribution is 0.0698. The predicted octanol–water partition coefficient (Wildman–Crippen LogP) is 3.45. The molecule has 20 heavy (non-hydrogen) atoms. The van der Waals surface area contributed by atoms with Crippen LogP contribution in [0.5, 0.6) is 0 Å². The smallest absolute Gasteiger partial charge is 0.337 e. The summed E-state index contributed by atoms with van der Waals surface area (Å²) in [6, 6.07) is 7.40. The van der Waals surface area contributed by atoms with Crippen molar-refractivity contribution < 1.29 is 14.7 Å². The minimum absolute atomic E-state index is 0.0779. The average molecular weight is 356 g/mol. The summed E-state index contributed by atoms with van der Waals surface area (Å²) in [4.78, 5) is 27.1. The van der Waals surface area contributed by atoms with Crippen molar-refractivity contribution in [2.75, 3.05) is 5.32 Å². The summed E-state index contributed by atoms with van der Waals surface area (Å²) in [5.41, 5.74) is 0.396. The van der Waals surface area contributed by atoms with Crippen LogP contribution in [0.3, 0.4) is 0 Å². The zero-order chi connectivity index (χ0) is 14.7. The third kappa shape index (κ3) is 3.15. The number of anilines is 1. The lowest BCUT2D eigenvalue weighted by atomic mass is 10.1. The van der Waals surface area contributed by atoms with Crippen LogP contribution in [0, 0.1) is 0 Å². The van der Waals surface area contributed by atoms with Gasteiger partial charge in [0, 0.05) is 11.2 Å². The molecule has 0 fully saturated rings. The van der Waals surface area contributed by atoms with Gasteiger partial charge < -0.3 is 10.4 Å². The number of benzene rings is 1. The second-order valence-corrected chi connectivity index (χ2v) is 4.98. The van der Waals surface area contributed by atoms with Gasteiger partial charge in [-0.1, -0.05) is 11.6 Å². The summed E-state index contributed by atoms with van der Waals surface area (Å²) in [5, 5.41) is 11.9. The Morgan fingerprint density at radius 1 is 1.25 bits per heavy atom. The van der Waals surface area contributed by atoms with E-state index >= 15 is 0 Å². The van der Waals surface area contributed by atoms with Crippen LogP contribution in [-0.4, -0.2) is 22.0 Å². The van der Waals surface area contributed by atoms with Crippen LogP contribution in [0.1, 0.15) is 20.7 Å². The second kappa shape index (κ2) is 6.02. The van der Waals surface area contributed by atoms with Crippen molar-refractivity contribution in [1.29, 1.82) is 0 Å². The number of carboxylic acid groups (broad SMARTS) is 1. The van der Waals surface area contributed by atoms with Gasteiger partial charge in [0.2, 0.25) is 0 Å². The molecule has 1 aromatic carbocycles. The molecule has 0 radical (unpaired) electrons. The number of nitrogens with one attached hydrogen (secondary N) is 1. The molecule has 7 heteroatoms. The molecule has 0 unspecified atom stereocenters. The normalized spacial score (nSPS) is 10.1. The summed E-state index contributed by atoms with van der Waals surface area (Å²) >= 11 is 8.91. The van der Waals surface area contributed by atoms with Crippen molar-refractivity contribution in [3.05, 3.63) is 57.3 Å². The van der Waals surface area contributed by atoms with Crippen LogP contribution in [0.25, 0.3) is 0 Å². The van der Waals surface area contributed by atoms with Crippen molar-refractivity contribution in [1.82, 2.24) is 4.98 Å². The summed E-state index contributed by atoms with van der Waals surface area (Å²) in [6.45, 7) is 0. The Balaban J connectivity index is 2.33. The molecule has 0 aliphatic carbocycles. The van der Waals surface area contributed by atoms with Gasteiger partial charge in [-0.15, -0.1) is 0 Å². The molecule has 5 nitrogen and oxygen atoms in total. The lowest BCUT2D eigenvalue weighted by Gasteiger charge is -2.09. The fourth-order valence-electron chi connectivity index (χ4n) is 1.55. The molecule has 0 saturated heterocycles. The summed E-state index contributed by atoms with van der Waals surface area (Å²) in [6.07, 6.45) is 1.53. The van der Waals surface area contributed by atoms with E-state index in [1.54, 1.807) is 12.1 Å². The van der Waals surface area contributed by atoms with E-state index in [2.05, 4.69) is 26.2 Å². The van der Waals surface area contributed by atoms with Crippen molar-refractivity contribution in [2.24, 2.45) is 0 Å². The number of hydrogen-bond acceptors (Lipinski definition) is 3. The molecule has 0 saturated carbocycles. The third-order valence-corrected chi connectivity index (χ3v) is 3.33. The van der Waals surface area contributed by atoms with E-state index in [-0.39, 0.29) is 16.3 Å². The van der Waals surface area contributed by atoms with Gasteiger partial charge in [0.25, 0.3) is 5.91 Å². The molecule has 1 heterocycles. The molecule has 2 rings (SSSR count). The van der Waals surface area contributed by atoms with E-state index in [9.17, 15) is 9.59 Å². The number of rotatable bonds is 3. The molecular weight excluding hydrogens is 348 g/mol. The first-order chi connectivity index (χ1) is 9.49. The maximum absolute atomic E-state index is 12.1. The van der Waals surface area contributed by atoms with E-state index in [4.69, 9.17) is 16.7 Å². The van der Waals surface area contributed by atoms with E-state index in [1.807, 2.05) is 0 Å². The van der Waals surface area contributed by atoms with Gasteiger partial charge in [0.05, 0.1) is 16.8 Å². The zero-order valence-corrected chi connectivity index (χ0v) is 12.3. The maximum Gasteiger partial charge on any atom is 0.337 e. The number of carbonyl (C=O) groups excluding carboxylic acids is 1. The van der Waals surface area contributed by atoms with E-state index in [0.29, 0.717) is 10.2 Å². The lowest BCUT2D eigenvalue weighted by Crippen LogP contribution is -2.15. The molecular formula is C13H8BrClN2O3. The Hall–Kier alpha value is -1.92. The van der Waals surface area contributed by atoms with Gasteiger partial charge in [0.15, 0.2) is 0 Å². The van der Waals surface area contributed by atoms with Crippen LogP contribution < -0.4 is 5.32 Å². The number of amides is 1. The number of hydrogen-bond donors (Lipinski definition) is 2. The van der Waals surface area contributed by atoms with Gasteiger partial charge in [-0.05, 0) is 46.3 Å². The topological polar surface area (TPSA) is 79.3 Å². The van der Waals surface area contributed by atoms with Crippen LogP contribution >= 0.6 is 27.5 Å². The highest BCUT2D eigenvalue weighted by Gasteiger charge is 2.16. The first-order valence-corrected chi connectivity index (χ1v) is 6.61. The van der Waals surface area contributed by atoms with Gasteiger partial charge in [-0.2, -0.15) is 0 Å². The first kappa shape index (κ1) is 14.5. The van der Waals surface area contributed by atoms with E-state index < -0.39 is 11.9 Å². The molecule has 0 aliphatic rings. The van der Waals surface area contributed by atoms with Crippen LogP contribution in [0.2, 0.25) is 5.02 Å². The number of halogens is 2.